The van der Waals surface area contributed by atoms with Crippen LogP contribution in [-0.2, 0) is 22.6 Å². The van der Waals surface area contributed by atoms with Crippen molar-refractivity contribution in [2.45, 2.75) is 12.7 Å². The minimum absolute atomic E-state index is 0.0622. The maximum atomic E-state index is 12.5. The van der Waals surface area contributed by atoms with Crippen molar-refractivity contribution < 1.29 is 26.4 Å². The van der Waals surface area contributed by atoms with E-state index in [0.717, 1.165) is 18.4 Å². The molecule has 0 saturated heterocycles. The number of benzene rings is 1. The van der Waals surface area contributed by atoms with Crippen LogP contribution >= 0.6 is 0 Å². The zero-order chi connectivity index (χ0) is 16.1. The van der Waals surface area contributed by atoms with Crippen LogP contribution < -0.4 is 10.6 Å². The van der Waals surface area contributed by atoms with Crippen molar-refractivity contribution in [2.75, 3.05) is 18.6 Å². The summed E-state index contributed by atoms with van der Waals surface area (Å²) in [6.07, 6.45) is -3.40. The average Bonchev–Trinajstić information content (AvgIpc) is 2.34. The fraction of sp³-hybridized carbons (Fsp3) is 0.417. The molecular formula is C12H15F3N2O3S. The number of hydrogen-bond acceptors (Lipinski definition) is 3. The standard InChI is InChI=1S/C12H15F3N2O3S/c1-21(19,20)6-5-16-11(18)17-8-9-3-2-4-10(7-9)12(13,14)15/h2-4,7H,5-6,8H2,1H3,(H2,16,17,18). The molecule has 21 heavy (non-hydrogen) atoms. The zero-order valence-electron chi connectivity index (χ0n) is 11.2. The van der Waals surface area contributed by atoms with Crippen molar-refractivity contribution in [3.63, 3.8) is 0 Å². The Labute approximate surface area is 120 Å². The van der Waals surface area contributed by atoms with E-state index in [1.165, 1.54) is 12.1 Å². The quantitative estimate of drug-likeness (QED) is 0.863. The molecule has 0 fully saturated rings. The lowest BCUT2D eigenvalue weighted by molar-refractivity contribution is -0.137. The lowest BCUT2D eigenvalue weighted by Gasteiger charge is -2.10. The summed E-state index contributed by atoms with van der Waals surface area (Å²) >= 11 is 0. The van der Waals surface area contributed by atoms with E-state index in [1.807, 2.05) is 0 Å². The van der Waals surface area contributed by atoms with E-state index >= 15 is 0 Å². The van der Waals surface area contributed by atoms with E-state index in [0.29, 0.717) is 5.56 Å². The predicted molar refractivity (Wildman–Crippen MR) is 71.4 cm³/mol. The smallest absolute Gasteiger partial charge is 0.337 e. The van der Waals surface area contributed by atoms with Gasteiger partial charge in [0.25, 0.3) is 0 Å². The molecule has 1 rings (SSSR count). The molecule has 0 bridgehead atoms. The maximum absolute atomic E-state index is 12.5. The second-order valence-corrected chi connectivity index (χ2v) is 6.70. The number of amides is 2. The Balaban J connectivity index is 2.47. The fourth-order valence-electron chi connectivity index (χ4n) is 1.45. The van der Waals surface area contributed by atoms with Crippen molar-refractivity contribution in [3.05, 3.63) is 35.4 Å². The van der Waals surface area contributed by atoms with Crippen molar-refractivity contribution >= 4 is 15.9 Å². The predicted octanol–water partition coefficient (Wildman–Crippen LogP) is 1.55. The number of sulfone groups is 1. The molecule has 0 unspecified atom stereocenters. The van der Waals surface area contributed by atoms with Gasteiger partial charge in [0.2, 0.25) is 0 Å². The topological polar surface area (TPSA) is 75.3 Å². The van der Waals surface area contributed by atoms with Gasteiger partial charge in [-0.2, -0.15) is 13.2 Å². The number of hydrogen-bond donors (Lipinski definition) is 2. The van der Waals surface area contributed by atoms with Gasteiger partial charge in [0, 0.05) is 19.3 Å². The largest absolute Gasteiger partial charge is 0.416 e. The van der Waals surface area contributed by atoms with Gasteiger partial charge >= 0.3 is 12.2 Å². The van der Waals surface area contributed by atoms with E-state index in [-0.39, 0.29) is 18.8 Å². The minimum atomic E-state index is -4.44. The summed E-state index contributed by atoms with van der Waals surface area (Å²) in [5.41, 5.74) is -0.498. The minimum Gasteiger partial charge on any atom is -0.337 e. The van der Waals surface area contributed by atoms with Gasteiger partial charge in [-0.25, -0.2) is 13.2 Å². The molecule has 0 spiro atoms. The van der Waals surface area contributed by atoms with Gasteiger partial charge in [0.1, 0.15) is 9.84 Å². The molecule has 2 amide bonds. The number of nitrogens with one attached hydrogen (secondary N) is 2. The number of rotatable bonds is 5. The van der Waals surface area contributed by atoms with Crippen LogP contribution in [0.25, 0.3) is 0 Å². The van der Waals surface area contributed by atoms with E-state index in [2.05, 4.69) is 10.6 Å². The van der Waals surface area contributed by atoms with E-state index < -0.39 is 27.6 Å². The molecule has 1 aromatic rings. The Morgan fingerprint density at radius 1 is 1.24 bits per heavy atom. The van der Waals surface area contributed by atoms with Crippen LogP contribution in [0.4, 0.5) is 18.0 Å². The first-order chi connectivity index (χ1) is 9.58. The van der Waals surface area contributed by atoms with Crippen molar-refractivity contribution in [1.29, 1.82) is 0 Å². The molecule has 5 nitrogen and oxygen atoms in total. The molecule has 0 aromatic heterocycles. The molecule has 2 N–H and O–H groups in total. The molecule has 0 aliphatic carbocycles. The van der Waals surface area contributed by atoms with E-state index in [4.69, 9.17) is 0 Å². The van der Waals surface area contributed by atoms with Crippen molar-refractivity contribution in [1.82, 2.24) is 10.6 Å². The summed E-state index contributed by atoms with van der Waals surface area (Å²) in [7, 11) is -3.18. The summed E-state index contributed by atoms with van der Waals surface area (Å²) in [5, 5.41) is 4.65. The van der Waals surface area contributed by atoms with Crippen LogP contribution in [0.2, 0.25) is 0 Å². The van der Waals surface area contributed by atoms with Gasteiger partial charge in [0.05, 0.1) is 11.3 Å². The van der Waals surface area contributed by atoms with Crippen LogP contribution in [0.3, 0.4) is 0 Å². The molecule has 0 heterocycles. The Hall–Kier alpha value is -1.77. The molecule has 0 atom stereocenters. The number of carbonyl (C=O) groups is 1. The average molecular weight is 324 g/mol. The first-order valence-corrected chi connectivity index (χ1v) is 7.99. The van der Waals surface area contributed by atoms with Crippen LogP contribution in [0.15, 0.2) is 24.3 Å². The molecule has 0 aliphatic heterocycles. The third-order valence-electron chi connectivity index (χ3n) is 2.47. The van der Waals surface area contributed by atoms with Crippen LogP contribution in [0.1, 0.15) is 11.1 Å². The molecule has 0 saturated carbocycles. The van der Waals surface area contributed by atoms with Crippen molar-refractivity contribution in [2.24, 2.45) is 0 Å². The summed E-state index contributed by atoms with van der Waals surface area (Å²) in [4.78, 5) is 11.3. The van der Waals surface area contributed by atoms with Gasteiger partial charge < -0.3 is 10.6 Å². The highest BCUT2D eigenvalue weighted by atomic mass is 32.2. The Morgan fingerprint density at radius 2 is 1.90 bits per heavy atom. The van der Waals surface area contributed by atoms with Crippen molar-refractivity contribution in [3.8, 4) is 0 Å². The summed E-state index contributed by atoms with van der Waals surface area (Å²) in [6.45, 7) is -0.151. The number of carbonyl (C=O) groups excluding carboxylic acids is 1. The third-order valence-corrected chi connectivity index (χ3v) is 3.41. The second-order valence-electron chi connectivity index (χ2n) is 4.44. The monoisotopic (exact) mass is 324 g/mol. The molecular weight excluding hydrogens is 309 g/mol. The number of urea groups is 1. The first kappa shape index (κ1) is 17.3. The normalized spacial score (nSPS) is 12.0. The van der Waals surface area contributed by atoms with E-state index in [1.54, 1.807) is 0 Å². The Kier molecular flexibility index (Phi) is 5.59. The Morgan fingerprint density at radius 3 is 2.48 bits per heavy atom. The van der Waals surface area contributed by atoms with Gasteiger partial charge in [-0.1, -0.05) is 12.1 Å². The molecule has 118 valence electrons. The second kappa shape index (κ2) is 6.79. The van der Waals surface area contributed by atoms with Gasteiger partial charge in [0.15, 0.2) is 0 Å². The van der Waals surface area contributed by atoms with E-state index in [9.17, 15) is 26.4 Å². The number of alkyl halides is 3. The van der Waals surface area contributed by atoms with Gasteiger partial charge in [-0.05, 0) is 17.7 Å². The lowest BCUT2D eigenvalue weighted by atomic mass is 10.1. The van der Waals surface area contributed by atoms with Gasteiger partial charge in [-0.3, -0.25) is 0 Å². The summed E-state index contributed by atoms with van der Waals surface area (Å²) in [6, 6.07) is 3.94. The fourth-order valence-corrected chi connectivity index (χ4v) is 1.93. The summed E-state index contributed by atoms with van der Waals surface area (Å²) in [5.74, 6) is -0.204. The van der Waals surface area contributed by atoms with Gasteiger partial charge in [-0.15, -0.1) is 0 Å². The zero-order valence-corrected chi connectivity index (χ0v) is 12.0. The number of halogens is 3. The maximum Gasteiger partial charge on any atom is 0.416 e. The first-order valence-electron chi connectivity index (χ1n) is 5.93. The highest BCUT2D eigenvalue weighted by Crippen LogP contribution is 2.29. The lowest BCUT2D eigenvalue weighted by Crippen LogP contribution is -2.37. The highest BCUT2D eigenvalue weighted by molar-refractivity contribution is 7.90. The third kappa shape index (κ3) is 6.98. The molecule has 1 aromatic carbocycles. The van der Waals surface area contributed by atoms with Crippen LogP contribution in [0, 0.1) is 0 Å². The Bertz CT molecular complexity index is 600. The SMILES string of the molecule is CS(=O)(=O)CCNC(=O)NCc1cccc(C(F)(F)F)c1. The molecule has 0 aliphatic rings. The summed E-state index contributed by atoms with van der Waals surface area (Å²) < 4.78 is 59.2. The molecule has 0 radical (unpaired) electrons. The van der Waals surface area contributed by atoms with Crippen LogP contribution in [-0.4, -0.2) is 33.0 Å². The highest BCUT2D eigenvalue weighted by Gasteiger charge is 2.30. The molecule has 9 heteroatoms. The van der Waals surface area contributed by atoms with Crippen LogP contribution in [0.5, 0.6) is 0 Å².